The lowest BCUT2D eigenvalue weighted by atomic mass is 10.2. The van der Waals surface area contributed by atoms with Gasteiger partial charge in [0.2, 0.25) is 0 Å². The van der Waals surface area contributed by atoms with Crippen LogP contribution >= 0.6 is 11.6 Å². The van der Waals surface area contributed by atoms with Crippen LogP contribution in [0.2, 0.25) is 5.02 Å². The summed E-state index contributed by atoms with van der Waals surface area (Å²) in [6.45, 7) is 0.321. The second-order valence-corrected chi connectivity index (χ2v) is 6.22. The number of anilines is 1. The molecule has 1 aromatic carbocycles. The molecule has 2 N–H and O–H groups in total. The van der Waals surface area contributed by atoms with Crippen LogP contribution in [0.5, 0.6) is 0 Å². The predicted octanol–water partition coefficient (Wildman–Crippen LogP) is 2.08. The number of halogens is 1. The van der Waals surface area contributed by atoms with Crippen molar-refractivity contribution in [2.75, 3.05) is 11.6 Å². The highest BCUT2D eigenvalue weighted by Crippen LogP contribution is 2.24. The second kappa shape index (κ2) is 4.99. The lowest BCUT2D eigenvalue weighted by molar-refractivity contribution is 0.601. The molecule has 0 saturated heterocycles. The molecule has 0 aliphatic heterocycles. The first-order valence-electron chi connectivity index (χ1n) is 5.18. The van der Waals surface area contributed by atoms with E-state index in [4.69, 9.17) is 11.6 Å². The topological polar surface area (TPSA) is 74.8 Å². The highest BCUT2D eigenvalue weighted by Gasteiger charge is 2.15. The number of benzene rings is 1. The van der Waals surface area contributed by atoms with Crippen LogP contribution in [-0.2, 0) is 16.4 Å². The van der Waals surface area contributed by atoms with Crippen LogP contribution in [0.3, 0.4) is 0 Å². The van der Waals surface area contributed by atoms with E-state index in [-0.39, 0.29) is 4.90 Å². The van der Waals surface area contributed by atoms with Crippen molar-refractivity contribution in [2.45, 2.75) is 11.4 Å². The molecule has 0 fully saturated rings. The maximum Gasteiger partial charge on any atom is 0.175 e. The zero-order valence-corrected chi connectivity index (χ0v) is 11.2. The molecule has 0 bridgehead atoms. The number of rotatable bonds is 4. The van der Waals surface area contributed by atoms with Crippen molar-refractivity contribution in [1.29, 1.82) is 0 Å². The van der Waals surface area contributed by atoms with Gasteiger partial charge in [-0.25, -0.2) is 8.42 Å². The SMILES string of the molecule is CS(=O)(=O)c1cccc(Cl)c1CNc1cn[nH]c1. The molecule has 0 unspecified atom stereocenters. The van der Waals surface area contributed by atoms with E-state index in [2.05, 4.69) is 15.5 Å². The van der Waals surface area contributed by atoms with Crippen LogP contribution < -0.4 is 5.32 Å². The number of nitrogens with zero attached hydrogens (tertiary/aromatic N) is 1. The molecule has 18 heavy (non-hydrogen) atoms. The van der Waals surface area contributed by atoms with E-state index in [0.29, 0.717) is 17.1 Å². The molecule has 0 spiro atoms. The van der Waals surface area contributed by atoms with Gasteiger partial charge in [-0.1, -0.05) is 17.7 Å². The standard InChI is InChI=1S/C11H12ClN3O2S/c1-18(16,17)11-4-2-3-10(12)9(11)7-13-8-5-14-15-6-8/h2-6,13H,7H2,1H3,(H,14,15). The Morgan fingerprint density at radius 2 is 2.22 bits per heavy atom. The molecule has 1 heterocycles. The predicted molar refractivity (Wildman–Crippen MR) is 70.5 cm³/mol. The zero-order chi connectivity index (χ0) is 13.2. The maximum atomic E-state index is 11.7. The van der Waals surface area contributed by atoms with E-state index in [1.807, 2.05) is 0 Å². The number of hydrogen-bond acceptors (Lipinski definition) is 4. The fourth-order valence-electron chi connectivity index (χ4n) is 1.60. The largest absolute Gasteiger partial charge is 0.378 e. The quantitative estimate of drug-likeness (QED) is 0.902. The normalized spacial score (nSPS) is 11.4. The lowest BCUT2D eigenvalue weighted by Gasteiger charge is -2.10. The van der Waals surface area contributed by atoms with Crippen molar-refractivity contribution in [3.8, 4) is 0 Å². The molecule has 0 aliphatic rings. The molecule has 2 aromatic rings. The summed E-state index contributed by atoms with van der Waals surface area (Å²) < 4.78 is 23.3. The molecule has 0 amide bonds. The monoisotopic (exact) mass is 285 g/mol. The van der Waals surface area contributed by atoms with E-state index < -0.39 is 9.84 Å². The smallest absolute Gasteiger partial charge is 0.175 e. The average molecular weight is 286 g/mol. The third kappa shape index (κ3) is 2.83. The minimum atomic E-state index is -3.29. The van der Waals surface area contributed by atoms with Crippen LogP contribution in [-0.4, -0.2) is 24.9 Å². The Bertz CT molecular complexity index is 638. The summed E-state index contributed by atoms with van der Waals surface area (Å²) >= 11 is 6.05. The third-order valence-electron chi connectivity index (χ3n) is 2.44. The summed E-state index contributed by atoms with van der Waals surface area (Å²) in [5.74, 6) is 0. The van der Waals surface area contributed by atoms with Gasteiger partial charge in [0.05, 0.1) is 16.8 Å². The number of nitrogens with one attached hydrogen (secondary N) is 2. The number of aromatic amines is 1. The fraction of sp³-hybridized carbons (Fsp3) is 0.182. The minimum Gasteiger partial charge on any atom is -0.378 e. The van der Waals surface area contributed by atoms with E-state index in [1.54, 1.807) is 30.6 Å². The van der Waals surface area contributed by atoms with Gasteiger partial charge in [0.15, 0.2) is 9.84 Å². The van der Waals surface area contributed by atoms with Gasteiger partial charge in [-0.3, -0.25) is 5.10 Å². The van der Waals surface area contributed by atoms with E-state index in [1.165, 1.54) is 6.26 Å². The molecule has 7 heteroatoms. The van der Waals surface area contributed by atoms with Gasteiger partial charge in [0.25, 0.3) is 0 Å². The van der Waals surface area contributed by atoms with Crippen molar-refractivity contribution < 1.29 is 8.42 Å². The summed E-state index contributed by atoms with van der Waals surface area (Å²) in [6, 6.07) is 4.84. The first kappa shape index (κ1) is 12.9. The molecule has 1 aromatic heterocycles. The van der Waals surface area contributed by atoms with Gasteiger partial charge < -0.3 is 5.32 Å². The van der Waals surface area contributed by atoms with E-state index in [0.717, 1.165) is 5.69 Å². The van der Waals surface area contributed by atoms with Crippen LogP contribution in [0.1, 0.15) is 5.56 Å². The number of hydrogen-bond donors (Lipinski definition) is 2. The lowest BCUT2D eigenvalue weighted by Crippen LogP contribution is -2.07. The fourth-order valence-corrected chi connectivity index (χ4v) is 2.85. The Balaban J connectivity index is 2.32. The maximum absolute atomic E-state index is 11.7. The summed E-state index contributed by atoms with van der Waals surface area (Å²) in [7, 11) is -3.29. The van der Waals surface area contributed by atoms with Crippen molar-refractivity contribution in [1.82, 2.24) is 10.2 Å². The van der Waals surface area contributed by atoms with Crippen LogP contribution in [0.15, 0.2) is 35.5 Å². The van der Waals surface area contributed by atoms with Crippen LogP contribution in [0, 0.1) is 0 Å². The van der Waals surface area contributed by atoms with Gasteiger partial charge in [0, 0.05) is 29.6 Å². The van der Waals surface area contributed by atoms with E-state index in [9.17, 15) is 8.42 Å². The first-order chi connectivity index (χ1) is 8.48. The Morgan fingerprint density at radius 3 is 2.83 bits per heavy atom. The summed E-state index contributed by atoms with van der Waals surface area (Å²) in [5, 5.41) is 9.93. The highest BCUT2D eigenvalue weighted by molar-refractivity contribution is 7.90. The molecular weight excluding hydrogens is 274 g/mol. The summed E-state index contributed by atoms with van der Waals surface area (Å²) in [4.78, 5) is 0.242. The van der Waals surface area contributed by atoms with Crippen molar-refractivity contribution in [3.05, 3.63) is 41.2 Å². The van der Waals surface area contributed by atoms with Gasteiger partial charge >= 0.3 is 0 Å². The molecule has 0 radical (unpaired) electrons. The number of H-pyrrole nitrogens is 1. The van der Waals surface area contributed by atoms with Crippen LogP contribution in [0.25, 0.3) is 0 Å². The molecule has 0 aliphatic carbocycles. The molecule has 0 atom stereocenters. The van der Waals surface area contributed by atoms with E-state index >= 15 is 0 Å². The van der Waals surface area contributed by atoms with Crippen LogP contribution in [0.4, 0.5) is 5.69 Å². The third-order valence-corrected chi connectivity index (χ3v) is 3.98. The Labute approximate surface area is 110 Å². The summed E-state index contributed by atoms with van der Waals surface area (Å²) in [6.07, 6.45) is 4.45. The second-order valence-electron chi connectivity index (χ2n) is 3.83. The Hall–Kier alpha value is -1.53. The Kier molecular flexibility index (Phi) is 3.58. The molecule has 0 saturated carbocycles. The summed E-state index contributed by atoms with van der Waals surface area (Å²) in [5.41, 5.74) is 1.33. The van der Waals surface area contributed by atoms with Gasteiger partial charge in [-0.15, -0.1) is 0 Å². The average Bonchev–Trinajstić information content (AvgIpc) is 2.78. The first-order valence-corrected chi connectivity index (χ1v) is 7.45. The molecular formula is C11H12ClN3O2S. The number of sulfone groups is 1. The van der Waals surface area contributed by atoms with Crippen molar-refractivity contribution in [3.63, 3.8) is 0 Å². The van der Waals surface area contributed by atoms with Crippen molar-refractivity contribution in [2.24, 2.45) is 0 Å². The minimum absolute atomic E-state index is 0.242. The molecule has 96 valence electrons. The highest BCUT2D eigenvalue weighted by atomic mass is 35.5. The van der Waals surface area contributed by atoms with Gasteiger partial charge in [-0.05, 0) is 12.1 Å². The Morgan fingerprint density at radius 1 is 1.44 bits per heavy atom. The molecule has 5 nitrogen and oxygen atoms in total. The van der Waals surface area contributed by atoms with Gasteiger partial charge in [-0.2, -0.15) is 5.10 Å². The zero-order valence-electron chi connectivity index (χ0n) is 9.64. The molecule has 2 rings (SSSR count). The van der Waals surface area contributed by atoms with Gasteiger partial charge in [0.1, 0.15) is 0 Å². The van der Waals surface area contributed by atoms with Crippen molar-refractivity contribution >= 4 is 27.1 Å². The number of aromatic nitrogens is 2.